The van der Waals surface area contributed by atoms with E-state index >= 15 is 0 Å². The Morgan fingerprint density at radius 3 is 2.27 bits per heavy atom. The minimum absolute atomic E-state index is 0.335. The number of rotatable bonds is 5. The molecule has 1 N–H and O–H groups in total. The van der Waals surface area contributed by atoms with Gasteiger partial charge >= 0.3 is 0 Å². The van der Waals surface area contributed by atoms with Crippen molar-refractivity contribution in [3.05, 3.63) is 29.8 Å². The summed E-state index contributed by atoms with van der Waals surface area (Å²) >= 11 is 3.51. The standard InChI is InChI=1S/C12H18OS2/c1-9(2)15-11-6-4-10(5-7-11)12(13)8-14-3/h4-7,9,12-13H,8H2,1-3H3. The summed E-state index contributed by atoms with van der Waals surface area (Å²) in [5, 5.41) is 10.4. The Hall–Kier alpha value is -0.120. The van der Waals surface area contributed by atoms with Gasteiger partial charge in [0.2, 0.25) is 0 Å². The molecule has 0 saturated carbocycles. The second kappa shape index (κ2) is 6.46. The molecule has 15 heavy (non-hydrogen) atoms. The first kappa shape index (κ1) is 12.9. The van der Waals surface area contributed by atoms with Crippen molar-refractivity contribution in [1.29, 1.82) is 0 Å². The van der Waals surface area contributed by atoms with Crippen molar-refractivity contribution >= 4 is 23.5 Å². The van der Waals surface area contributed by atoms with Crippen molar-refractivity contribution < 1.29 is 5.11 Å². The van der Waals surface area contributed by atoms with Gasteiger partial charge < -0.3 is 5.11 Å². The van der Waals surface area contributed by atoms with Crippen LogP contribution in [0.2, 0.25) is 0 Å². The van der Waals surface area contributed by atoms with Crippen LogP contribution in [0.25, 0.3) is 0 Å². The molecule has 0 aliphatic carbocycles. The largest absolute Gasteiger partial charge is 0.388 e. The van der Waals surface area contributed by atoms with Gasteiger partial charge in [0.25, 0.3) is 0 Å². The minimum atomic E-state index is -0.335. The van der Waals surface area contributed by atoms with Crippen LogP contribution in [0.1, 0.15) is 25.5 Å². The second-order valence-electron chi connectivity index (χ2n) is 3.71. The number of thioether (sulfide) groups is 2. The van der Waals surface area contributed by atoms with Gasteiger partial charge in [-0.05, 0) is 24.0 Å². The fraction of sp³-hybridized carbons (Fsp3) is 0.500. The molecule has 0 heterocycles. The summed E-state index contributed by atoms with van der Waals surface area (Å²) in [5.41, 5.74) is 1.01. The molecule has 0 bridgehead atoms. The first-order chi connectivity index (χ1) is 7.13. The number of aliphatic hydroxyl groups excluding tert-OH is 1. The van der Waals surface area contributed by atoms with Crippen molar-refractivity contribution in [2.24, 2.45) is 0 Å². The van der Waals surface area contributed by atoms with Crippen LogP contribution in [0, 0.1) is 0 Å². The van der Waals surface area contributed by atoms with E-state index in [0.717, 1.165) is 11.3 Å². The molecule has 1 nitrogen and oxygen atoms in total. The quantitative estimate of drug-likeness (QED) is 0.797. The third-order valence-corrected chi connectivity index (χ3v) is 3.63. The highest BCUT2D eigenvalue weighted by molar-refractivity contribution is 7.99. The molecule has 84 valence electrons. The number of hydrogen-bond acceptors (Lipinski definition) is 3. The Morgan fingerprint density at radius 1 is 1.20 bits per heavy atom. The lowest BCUT2D eigenvalue weighted by atomic mass is 10.1. The monoisotopic (exact) mass is 242 g/mol. The Kier molecular flexibility index (Phi) is 5.58. The van der Waals surface area contributed by atoms with Gasteiger partial charge in [-0.2, -0.15) is 11.8 Å². The molecular weight excluding hydrogens is 224 g/mol. The van der Waals surface area contributed by atoms with Gasteiger partial charge in [0.15, 0.2) is 0 Å². The summed E-state index contributed by atoms with van der Waals surface area (Å²) in [6.45, 7) is 4.36. The van der Waals surface area contributed by atoms with Gasteiger partial charge in [0.05, 0.1) is 6.10 Å². The summed E-state index contributed by atoms with van der Waals surface area (Å²) in [5.74, 6) is 0.761. The molecule has 0 aromatic heterocycles. The fourth-order valence-electron chi connectivity index (χ4n) is 1.29. The highest BCUT2D eigenvalue weighted by Gasteiger charge is 2.06. The lowest BCUT2D eigenvalue weighted by molar-refractivity contribution is 0.204. The van der Waals surface area contributed by atoms with E-state index in [1.807, 2.05) is 30.2 Å². The molecule has 1 aromatic rings. The van der Waals surface area contributed by atoms with Crippen LogP contribution in [0.4, 0.5) is 0 Å². The van der Waals surface area contributed by atoms with Gasteiger partial charge in [-0.15, -0.1) is 11.8 Å². The average Bonchev–Trinajstić information content (AvgIpc) is 2.18. The van der Waals surface area contributed by atoms with Gasteiger partial charge in [0, 0.05) is 15.9 Å². The number of benzene rings is 1. The Morgan fingerprint density at radius 2 is 1.80 bits per heavy atom. The molecule has 3 heteroatoms. The third kappa shape index (κ3) is 4.49. The molecule has 0 aliphatic rings. The van der Waals surface area contributed by atoms with E-state index in [2.05, 4.69) is 26.0 Å². The summed E-state index contributed by atoms with van der Waals surface area (Å²) in [7, 11) is 0. The van der Waals surface area contributed by atoms with Crippen LogP contribution in [0.5, 0.6) is 0 Å². The summed E-state index contributed by atoms with van der Waals surface area (Å²) in [4.78, 5) is 1.27. The maximum atomic E-state index is 9.77. The molecule has 0 amide bonds. The normalized spacial score (nSPS) is 13.1. The molecular formula is C12H18OS2. The fourth-order valence-corrected chi connectivity index (χ4v) is 2.64. The molecule has 0 aliphatic heterocycles. The van der Waals surface area contributed by atoms with Crippen LogP contribution >= 0.6 is 23.5 Å². The van der Waals surface area contributed by atoms with E-state index in [1.54, 1.807) is 11.8 Å². The smallest absolute Gasteiger partial charge is 0.0880 e. The molecule has 0 saturated heterocycles. The number of hydrogen-bond donors (Lipinski definition) is 1. The van der Waals surface area contributed by atoms with Crippen molar-refractivity contribution in [1.82, 2.24) is 0 Å². The highest BCUT2D eigenvalue weighted by Crippen LogP contribution is 2.25. The van der Waals surface area contributed by atoms with E-state index < -0.39 is 0 Å². The van der Waals surface area contributed by atoms with E-state index in [1.165, 1.54) is 4.90 Å². The molecule has 1 rings (SSSR count). The predicted molar refractivity (Wildman–Crippen MR) is 70.8 cm³/mol. The highest BCUT2D eigenvalue weighted by atomic mass is 32.2. The lowest BCUT2D eigenvalue weighted by Gasteiger charge is -2.10. The van der Waals surface area contributed by atoms with Crippen LogP contribution in [0.3, 0.4) is 0 Å². The van der Waals surface area contributed by atoms with Gasteiger partial charge in [-0.1, -0.05) is 26.0 Å². The molecule has 1 unspecified atom stereocenters. The zero-order chi connectivity index (χ0) is 11.3. The van der Waals surface area contributed by atoms with Gasteiger partial charge in [-0.25, -0.2) is 0 Å². The number of aliphatic hydroxyl groups is 1. The summed E-state index contributed by atoms with van der Waals surface area (Å²) in [6, 6.07) is 8.21. The van der Waals surface area contributed by atoms with Gasteiger partial charge in [-0.3, -0.25) is 0 Å². The SMILES string of the molecule is CSCC(O)c1ccc(SC(C)C)cc1. The summed E-state index contributed by atoms with van der Waals surface area (Å²) < 4.78 is 0. The predicted octanol–water partition coefficient (Wildman–Crippen LogP) is 3.58. The Balaban J connectivity index is 2.63. The molecule has 0 fully saturated rings. The van der Waals surface area contributed by atoms with Gasteiger partial charge in [0.1, 0.15) is 0 Å². The second-order valence-corrected chi connectivity index (χ2v) is 6.27. The van der Waals surface area contributed by atoms with Crippen molar-refractivity contribution in [3.63, 3.8) is 0 Å². The lowest BCUT2D eigenvalue weighted by Crippen LogP contribution is -1.99. The van der Waals surface area contributed by atoms with Crippen molar-refractivity contribution in [2.75, 3.05) is 12.0 Å². The maximum Gasteiger partial charge on any atom is 0.0880 e. The Bertz CT molecular complexity index is 282. The molecule has 1 atom stereocenters. The maximum absolute atomic E-state index is 9.77. The van der Waals surface area contributed by atoms with Crippen molar-refractivity contribution in [2.45, 2.75) is 30.1 Å². The van der Waals surface area contributed by atoms with Crippen LogP contribution in [0.15, 0.2) is 29.2 Å². The third-order valence-electron chi connectivity index (χ3n) is 1.96. The molecule has 1 aromatic carbocycles. The van der Waals surface area contributed by atoms with Crippen LogP contribution in [-0.2, 0) is 0 Å². The zero-order valence-corrected chi connectivity index (χ0v) is 11.1. The van der Waals surface area contributed by atoms with E-state index in [9.17, 15) is 5.11 Å². The first-order valence-electron chi connectivity index (χ1n) is 5.07. The average molecular weight is 242 g/mol. The van der Waals surface area contributed by atoms with E-state index in [4.69, 9.17) is 0 Å². The van der Waals surface area contributed by atoms with Crippen molar-refractivity contribution in [3.8, 4) is 0 Å². The first-order valence-corrected chi connectivity index (χ1v) is 7.34. The summed E-state index contributed by atoms with van der Waals surface area (Å²) in [6.07, 6.45) is 1.67. The van der Waals surface area contributed by atoms with E-state index in [-0.39, 0.29) is 6.10 Å². The molecule has 0 radical (unpaired) electrons. The topological polar surface area (TPSA) is 20.2 Å². The zero-order valence-electron chi connectivity index (χ0n) is 9.43. The molecule has 0 spiro atoms. The van der Waals surface area contributed by atoms with E-state index in [0.29, 0.717) is 5.25 Å². The Labute approximate surface area is 101 Å². The van der Waals surface area contributed by atoms with Crippen LogP contribution < -0.4 is 0 Å². The minimum Gasteiger partial charge on any atom is -0.388 e. The van der Waals surface area contributed by atoms with Crippen LogP contribution in [-0.4, -0.2) is 22.4 Å².